The van der Waals surface area contributed by atoms with Crippen molar-refractivity contribution < 1.29 is 22.3 Å². The van der Waals surface area contributed by atoms with Crippen molar-refractivity contribution in [1.82, 2.24) is 0 Å². The molecule has 1 N–H and O–H groups in total. The maximum atomic E-state index is 13.9. The van der Waals surface area contributed by atoms with Crippen LogP contribution in [0.4, 0.5) is 15.8 Å². The average molecular weight is 464 g/mol. The Morgan fingerprint density at radius 1 is 1.35 bits per heavy atom. The number of halogens is 3. The van der Waals surface area contributed by atoms with Crippen molar-refractivity contribution in [3.63, 3.8) is 0 Å². The van der Waals surface area contributed by atoms with Crippen LogP contribution in [0.15, 0.2) is 40.9 Å². The first-order valence-electron chi connectivity index (χ1n) is 7.35. The van der Waals surface area contributed by atoms with Crippen molar-refractivity contribution in [2.24, 2.45) is 0 Å². The summed E-state index contributed by atoms with van der Waals surface area (Å²) in [7, 11) is -3.67. The molecule has 0 bridgehead atoms. The Balaban J connectivity index is 1.89. The van der Waals surface area contributed by atoms with E-state index in [0.29, 0.717) is 9.50 Å². The van der Waals surface area contributed by atoms with Gasteiger partial charge in [0, 0.05) is 9.50 Å². The highest BCUT2D eigenvalue weighted by Gasteiger charge is 2.35. The van der Waals surface area contributed by atoms with Crippen LogP contribution in [0.5, 0.6) is 5.75 Å². The van der Waals surface area contributed by atoms with Crippen LogP contribution < -0.4 is 14.4 Å². The Hall–Kier alpha value is -1.84. The number of ether oxygens (including phenoxy) is 1. The first-order valence-corrected chi connectivity index (χ1v) is 10.4. The van der Waals surface area contributed by atoms with Crippen molar-refractivity contribution in [3.8, 4) is 5.75 Å². The standard InChI is InChI=1S/C16H13BrClFN2O4S/c1-26(23,24)21-8-15(25-14-5-3-10(18)7-13(14)21)16(22)20-12-4-2-9(17)6-11(12)19/h2-7,15H,8H2,1H3,(H,20,22)/t15-/m1/s1. The lowest BCUT2D eigenvalue weighted by Crippen LogP contribution is -2.48. The van der Waals surface area contributed by atoms with Gasteiger partial charge in [-0.1, -0.05) is 27.5 Å². The molecule has 0 unspecified atom stereocenters. The molecule has 26 heavy (non-hydrogen) atoms. The number of sulfonamides is 1. The molecule has 1 aliphatic rings. The van der Waals surface area contributed by atoms with E-state index in [1.807, 2.05) is 0 Å². The lowest BCUT2D eigenvalue weighted by Gasteiger charge is -2.34. The zero-order valence-electron chi connectivity index (χ0n) is 13.4. The molecular weight excluding hydrogens is 451 g/mol. The number of benzene rings is 2. The van der Waals surface area contributed by atoms with Crippen LogP contribution in [0.25, 0.3) is 0 Å². The molecule has 3 rings (SSSR count). The third-order valence-corrected chi connectivity index (χ3v) is 5.55. The highest BCUT2D eigenvalue weighted by atomic mass is 79.9. The quantitative estimate of drug-likeness (QED) is 0.757. The van der Waals surface area contributed by atoms with Crippen molar-refractivity contribution in [3.05, 3.63) is 51.7 Å². The van der Waals surface area contributed by atoms with E-state index in [0.717, 1.165) is 10.6 Å². The second kappa shape index (κ2) is 7.05. The van der Waals surface area contributed by atoms with Gasteiger partial charge in [0.25, 0.3) is 5.91 Å². The summed E-state index contributed by atoms with van der Waals surface area (Å²) in [6.45, 7) is -0.254. The highest BCUT2D eigenvalue weighted by molar-refractivity contribution is 9.10. The van der Waals surface area contributed by atoms with Crippen molar-refractivity contribution in [1.29, 1.82) is 0 Å². The van der Waals surface area contributed by atoms with Crippen LogP contribution in [0, 0.1) is 5.82 Å². The maximum absolute atomic E-state index is 13.9. The second-order valence-corrected chi connectivity index (χ2v) is 8.88. The van der Waals surface area contributed by atoms with Crippen molar-refractivity contribution in [2.45, 2.75) is 6.10 Å². The predicted molar refractivity (Wildman–Crippen MR) is 101 cm³/mol. The molecular formula is C16H13BrClFN2O4S. The van der Waals surface area contributed by atoms with Crippen molar-refractivity contribution >= 4 is 54.8 Å². The number of nitrogens with one attached hydrogen (secondary N) is 1. The van der Waals surface area contributed by atoms with Crippen LogP contribution in [-0.2, 0) is 14.8 Å². The van der Waals surface area contributed by atoms with E-state index in [1.165, 1.54) is 30.3 Å². The van der Waals surface area contributed by atoms with Crippen LogP contribution in [0.1, 0.15) is 0 Å². The molecule has 2 aromatic carbocycles. The summed E-state index contributed by atoms with van der Waals surface area (Å²) in [5.41, 5.74) is 0.216. The Kier molecular flexibility index (Phi) is 5.14. The predicted octanol–water partition coefficient (Wildman–Crippen LogP) is 3.41. The molecule has 6 nitrogen and oxygen atoms in total. The minimum absolute atomic E-state index is 0.0328. The van der Waals surface area contributed by atoms with Crippen LogP contribution in [-0.4, -0.2) is 33.2 Å². The van der Waals surface area contributed by atoms with Crippen LogP contribution in [0.3, 0.4) is 0 Å². The van der Waals surface area contributed by atoms with Gasteiger partial charge in [0.15, 0.2) is 6.10 Å². The third kappa shape index (κ3) is 3.94. The first kappa shape index (κ1) is 18.9. The average Bonchev–Trinajstić information content (AvgIpc) is 2.55. The largest absolute Gasteiger partial charge is 0.476 e. The fourth-order valence-corrected chi connectivity index (χ4v) is 3.88. The van der Waals surface area contributed by atoms with E-state index in [1.54, 1.807) is 6.07 Å². The Bertz CT molecular complexity index is 986. The fourth-order valence-electron chi connectivity index (χ4n) is 2.48. The summed E-state index contributed by atoms with van der Waals surface area (Å²) >= 11 is 9.06. The second-order valence-electron chi connectivity index (χ2n) is 5.63. The van der Waals surface area contributed by atoms with E-state index in [2.05, 4.69) is 21.2 Å². The normalized spacial score (nSPS) is 16.6. The van der Waals surface area contributed by atoms with Gasteiger partial charge in [0.1, 0.15) is 11.6 Å². The lowest BCUT2D eigenvalue weighted by molar-refractivity contribution is -0.122. The van der Waals surface area contributed by atoms with Crippen molar-refractivity contribution in [2.75, 3.05) is 22.4 Å². The van der Waals surface area contributed by atoms with E-state index >= 15 is 0 Å². The summed E-state index contributed by atoms with van der Waals surface area (Å²) in [5.74, 6) is -1.10. The molecule has 1 amide bonds. The first-order chi connectivity index (χ1) is 12.1. The molecule has 0 aromatic heterocycles. The monoisotopic (exact) mass is 462 g/mol. The summed E-state index contributed by atoms with van der Waals surface area (Å²) < 4.78 is 45.3. The molecule has 2 aromatic rings. The number of hydrogen-bond acceptors (Lipinski definition) is 4. The Labute approximate surface area is 163 Å². The number of nitrogens with zero attached hydrogens (tertiary/aromatic N) is 1. The highest BCUT2D eigenvalue weighted by Crippen LogP contribution is 2.37. The minimum Gasteiger partial charge on any atom is -0.476 e. The van der Waals surface area contributed by atoms with E-state index in [9.17, 15) is 17.6 Å². The molecule has 1 atom stereocenters. The molecule has 10 heteroatoms. The molecule has 1 heterocycles. The van der Waals surface area contributed by atoms with Crippen LogP contribution in [0.2, 0.25) is 5.02 Å². The molecule has 0 saturated carbocycles. The molecule has 0 spiro atoms. The Morgan fingerprint density at radius 2 is 2.08 bits per heavy atom. The molecule has 0 saturated heterocycles. The number of hydrogen-bond donors (Lipinski definition) is 1. The number of amides is 1. The molecule has 1 aliphatic heterocycles. The molecule has 0 fully saturated rings. The smallest absolute Gasteiger partial charge is 0.267 e. The molecule has 138 valence electrons. The number of carbonyl (C=O) groups is 1. The number of fused-ring (bicyclic) bond motifs is 1. The maximum Gasteiger partial charge on any atom is 0.267 e. The van der Waals surface area contributed by atoms with Gasteiger partial charge in [0.05, 0.1) is 24.2 Å². The van der Waals surface area contributed by atoms with Gasteiger partial charge in [-0.15, -0.1) is 0 Å². The van der Waals surface area contributed by atoms with Gasteiger partial charge in [0.2, 0.25) is 10.0 Å². The summed E-state index contributed by atoms with van der Waals surface area (Å²) in [6, 6.07) is 8.62. The molecule has 0 aliphatic carbocycles. The zero-order valence-corrected chi connectivity index (χ0v) is 16.5. The van der Waals surface area contributed by atoms with Gasteiger partial charge in [-0.2, -0.15) is 0 Å². The van der Waals surface area contributed by atoms with Gasteiger partial charge >= 0.3 is 0 Å². The minimum atomic E-state index is -3.67. The fraction of sp³-hybridized carbons (Fsp3) is 0.188. The number of rotatable bonds is 3. The topological polar surface area (TPSA) is 75.7 Å². The van der Waals surface area contributed by atoms with E-state index in [4.69, 9.17) is 16.3 Å². The van der Waals surface area contributed by atoms with E-state index < -0.39 is 27.9 Å². The van der Waals surface area contributed by atoms with Crippen LogP contribution >= 0.6 is 27.5 Å². The summed E-state index contributed by atoms with van der Waals surface area (Å²) in [5, 5.41) is 2.75. The SMILES string of the molecule is CS(=O)(=O)N1C[C@H](C(=O)Nc2ccc(Br)cc2F)Oc2ccc(Cl)cc21. The van der Waals surface area contributed by atoms with Gasteiger partial charge in [-0.25, -0.2) is 12.8 Å². The van der Waals surface area contributed by atoms with Gasteiger partial charge in [-0.05, 0) is 36.4 Å². The zero-order chi connectivity index (χ0) is 19.1. The lowest BCUT2D eigenvalue weighted by atomic mass is 10.2. The van der Waals surface area contributed by atoms with Gasteiger partial charge < -0.3 is 10.1 Å². The number of anilines is 2. The summed E-state index contributed by atoms with van der Waals surface area (Å²) in [4.78, 5) is 12.5. The Morgan fingerprint density at radius 3 is 2.73 bits per heavy atom. The van der Waals surface area contributed by atoms with E-state index in [-0.39, 0.29) is 23.7 Å². The third-order valence-electron chi connectivity index (χ3n) is 3.67. The van der Waals surface area contributed by atoms with Gasteiger partial charge in [-0.3, -0.25) is 9.10 Å². The number of carbonyl (C=O) groups excluding carboxylic acids is 1. The molecule has 0 radical (unpaired) electrons. The summed E-state index contributed by atoms with van der Waals surface area (Å²) in [6.07, 6.45) is -0.131.